The summed E-state index contributed by atoms with van der Waals surface area (Å²) in [6.45, 7) is -0.539. The van der Waals surface area contributed by atoms with Crippen molar-refractivity contribution in [2.45, 2.75) is 18.9 Å². The largest absolute Gasteiger partial charge is 0.452 e. The third-order valence-corrected chi connectivity index (χ3v) is 2.44. The maximum absolute atomic E-state index is 13.2. The van der Waals surface area contributed by atoms with Gasteiger partial charge in [-0.05, 0) is 25.0 Å². The molecule has 1 aliphatic rings. The predicted octanol–water partition coefficient (Wildman–Crippen LogP) is 1.40. The van der Waals surface area contributed by atoms with Crippen LogP contribution in [0.4, 0.5) is 8.78 Å². The third kappa shape index (κ3) is 3.03. The van der Waals surface area contributed by atoms with Gasteiger partial charge in [0.15, 0.2) is 6.61 Å². The fraction of sp³-hybridized carbons (Fsp3) is 0.333. The van der Waals surface area contributed by atoms with E-state index in [-0.39, 0.29) is 6.04 Å². The molecule has 1 amide bonds. The minimum absolute atomic E-state index is 0.140. The zero-order chi connectivity index (χ0) is 13.1. The molecule has 1 aromatic rings. The molecule has 0 aromatic heterocycles. The Morgan fingerprint density at radius 1 is 1.28 bits per heavy atom. The van der Waals surface area contributed by atoms with Crippen LogP contribution in [0.3, 0.4) is 0 Å². The van der Waals surface area contributed by atoms with Gasteiger partial charge in [0.1, 0.15) is 17.2 Å². The summed E-state index contributed by atoms with van der Waals surface area (Å²) in [6.07, 6.45) is 1.81. The summed E-state index contributed by atoms with van der Waals surface area (Å²) in [6, 6.07) is 3.18. The molecule has 1 N–H and O–H groups in total. The van der Waals surface area contributed by atoms with Crippen LogP contribution in [-0.2, 0) is 9.53 Å². The highest BCUT2D eigenvalue weighted by molar-refractivity contribution is 5.91. The van der Waals surface area contributed by atoms with Crippen LogP contribution in [0.2, 0.25) is 0 Å². The Labute approximate surface area is 102 Å². The first-order valence-corrected chi connectivity index (χ1v) is 5.48. The van der Waals surface area contributed by atoms with E-state index >= 15 is 0 Å². The fourth-order valence-electron chi connectivity index (χ4n) is 1.39. The molecule has 6 heteroatoms. The topological polar surface area (TPSA) is 55.4 Å². The zero-order valence-electron chi connectivity index (χ0n) is 9.41. The summed E-state index contributed by atoms with van der Waals surface area (Å²) in [4.78, 5) is 22.6. The van der Waals surface area contributed by atoms with Gasteiger partial charge in [-0.25, -0.2) is 13.6 Å². The molecule has 0 atom stereocenters. The molecule has 18 heavy (non-hydrogen) atoms. The second-order valence-corrected chi connectivity index (χ2v) is 4.01. The molecule has 2 rings (SSSR count). The maximum Gasteiger partial charge on any atom is 0.344 e. The van der Waals surface area contributed by atoms with E-state index in [0.717, 1.165) is 31.0 Å². The van der Waals surface area contributed by atoms with Gasteiger partial charge in [-0.15, -0.1) is 0 Å². The second-order valence-electron chi connectivity index (χ2n) is 4.01. The molecule has 1 fully saturated rings. The minimum Gasteiger partial charge on any atom is -0.452 e. The molecular weight excluding hydrogens is 244 g/mol. The van der Waals surface area contributed by atoms with Crippen LogP contribution < -0.4 is 5.32 Å². The molecule has 4 nitrogen and oxygen atoms in total. The first-order chi connectivity index (χ1) is 8.58. The molecule has 1 aliphatic carbocycles. The lowest BCUT2D eigenvalue weighted by molar-refractivity contribution is -0.124. The number of benzene rings is 1. The minimum atomic E-state index is -1.18. The van der Waals surface area contributed by atoms with Crippen molar-refractivity contribution in [1.82, 2.24) is 5.32 Å². The van der Waals surface area contributed by atoms with Crippen molar-refractivity contribution in [3.63, 3.8) is 0 Å². The van der Waals surface area contributed by atoms with Gasteiger partial charge >= 0.3 is 5.97 Å². The van der Waals surface area contributed by atoms with Crippen molar-refractivity contribution in [1.29, 1.82) is 0 Å². The van der Waals surface area contributed by atoms with Gasteiger partial charge in [-0.2, -0.15) is 0 Å². The number of halogens is 2. The van der Waals surface area contributed by atoms with Crippen LogP contribution >= 0.6 is 0 Å². The van der Waals surface area contributed by atoms with Gasteiger partial charge < -0.3 is 10.1 Å². The summed E-state index contributed by atoms with van der Waals surface area (Å²) in [5.41, 5.74) is -0.781. The number of amides is 1. The molecule has 0 unspecified atom stereocenters. The van der Waals surface area contributed by atoms with Crippen molar-refractivity contribution in [3.05, 3.63) is 35.4 Å². The van der Waals surface area contributed by atoms with Gasteiger partial charge in [0.25, 0.3) is 5.91 Å². The summed E-state index contributed by atoms with van der Waals surface area (Å²) >= 11 is 0. The van der Waals surface area contributed by atoms with Gasteiger partial charge in [0.2, 0.25) is 0 Å². The molecule has 96 valence electrons. The van der Waals surface area contributed by atoms with Gasteiger partial charge in [0.05, 0.1) is 0 Å². The number of carbonyl (C=O) groups excluding carboxylic acids is 2. The van der Waals surface area contributed by atoms with E-state index in [1.807, 2.05) is 0 Å². The van der Waals surface area contributed by atoms with E-state index < -0.39 is 35.7 Å². The van der Waals surface area contributed by atoms with E-state index in [0.29, 0.717) is 0 Å². The zero-order valence-corrected chi connectivity index (χ0v) is 9.41. The van der Waals surface area contributed by atoms with Crippen LogP contribution in [-0.4, -0.2) is 24.5 Å². The molecule has 0 bridgehead atoms. The highest BCUT2D eigenvalue weighted by Crippen LogP contribution is 2.18. The Bertz CT molecular complexity index is 466. The Morgan fingerprint density at radius 3 is 2.44 bits per heavy atom. The van der Waals surface area contributed by atoms with Crippen molar-refractivity contribution in [2.24, 2.45) is 0 Å². The second kappa shape index (κ2) is 5.12. The van der Waals surface area contributed by atoms with Crippen LogP contribution in [0.25, 0.3) is 0 Å². The van der Waals surface area contributed by atoms with Gasteiger partial charge in [-0.1, -0.05) is 6.07 Å². The van der Waals surface area contributed by atoms with E-state index in [4.69, 9.17) is 0 Å². The summed E-state index contributed by atoms with van der Waals surface area (Å²) < 4.78 is 31.0. The van der Waals surface area contributed by atoms with Crippen molar-refractivity contribution >= 4 is 11.9 Å². The quantitative estimate of drug-likeness (QED) is 0.827. The number of hydrogen-bond acceptors (Lipinski definition) is 3. The Hall–Kier alpha value is -1.98. The lowest BCUT2D eigenvalue weighted by Gasteiger charge is -2.06. The highest BCUT2D eigenvalue weighted by Gasteiger charge is 2.24. The van der Waals surface area contributed by atoms with Crippen LogP contribution in [0.1, 0.15) is 23.2 Å². The molecule has 0 heterocycles. The average Bonchev–Trinajstić information content (AvgIpc) is 3.10. The van der Waals surface area contributed by atoms with Gasteiger partial charge in [0, 0.05) is 6.04 Å². The summed E-state index contributed by atoms with van der Waals surface area (Å²) in [7, 11) is 0. The molecular formula is C12H11F2NO3. The molecule has 0 saturated heterocycles. The summed E-state index contributed by atoms with van der Waals surface area (Å²) in [5.74, 6) is -3.68. The SMILES string of the molecule is O=C(COC(=O)c1c(F)cccc1F)NC1CC1. The molecule has 0 spiro atoms. The van der Waals surface area contributed by atoms with Gasteiger partial charge in [-0.3, -0.25) is 4.79 Å². The number of esters is 1. The first-order valence-electron chi connectivity index (χ1n) is 5.48. The first kappa shape index (κ1) is 12.5. The van der Waals surface area contributed by atoms with Crippen molar-refractivity contribution < 1.29 is 23.1 Å². The van der Waals surface area contributed by atoms with Crippen LogP contribution in [0.5, 0.6) is 0 Å². The molecule has 0 radical (unpaired) electrons. The molecule has 1 aromatic carbocycles. The Kier molecular flexibility index (Phi) is 3.55. The smallest absolute Gasteiger partial charge is 0.344 e. The van der Waals surface area contributed by atoms with Crippen LogP contribution in [0, 0.1) is 11.6 Å². The van der Waals surface area contributed by atoms with E-state index in [2.05, 4.69) is 10.1 Å². The predicted molar refractivity (Wildman–Crippen MR) is 57.8 cm³/mol. The lowest BCUT2D eigenvalue weighted by atomic mass is 10.2. The maximum atomic E-state index is 13.2. The third-order valence-electron chi connectivity index (χ3n) is 2.44. The highest BCUT2D eigenvalue weighted by atomic mass is 19.1. The van der Waals surface area contributed by atoms with E-state index in [1.165, 1.54) is 0 Å². The monoisotopic (exact) mass is 255 g/mol. The summed E-state index contributed by atoms with van der Waals surface area (Å²) in [5, 5.41) is 2.59. The van der Waals surface area contributed by atoms with Crippen molar-refractivity contribution in [2.75, 3.05) is 6.61 Å². The Morgan fingerprint density at radius 2 is 1.89 bits per heavy atom. The average molecular weight is 255 g/mol. The number of carbonyl (C=O) groups is 2. The number of rotatable bonds is 4. The normalized spacial score (nSPS) is 14.1. The fourth-order valence-corrected chi connectivity index (χ4v) is 1.39. The molecule has 0 aliphatic heterocycles. The van der Waals surface area contributed by atoms with Crippen molar-refractivity contribution in [3.8, 4) is 0 Å². The standard InChI is InChI=1S/C12H11F2NO3/c13-8-2-1-3-9(14)11(8)12(17)18-6-10(16)15-7-4-5-7/h1-3,7H,4-6H2,(H,15,16). The van der Waals surface area contributed by atoms with Crippen LogP contribution in [0.15, 0.2) is 18.2 Å². The van der Waals surface area contributed by atoms with E-state index in [9.17, 15) is 18.4 Å². The molecule has 1 saturated carbocycles. The van der Waals surface area contributed by atoms with E-state index in [1.54, 1.807) is 0 Å². The number of hydrogen-bond donors (Lipinski definition) is 1. The number of ether oxygens (including phenoxy) is 1. The Balaban J connectivity index is 1.92. The number of nitrogens with one attached hydrogen (secondary N) is 1. The lowest BCUT2D eigenvalue weighted by Crippen LogP contribution is -2.30.